The monoisotopic (exact) mass is 541 g/mol. The molecule has 0 aliphatic carbocycles. The highest BCUT2D eigenvalue weighted by Crippen LogP contribution is 2.38. The Hall–Kier alpha value is -0.980. The highest BCUT2D eigenvalue weighted by atomic mass is 35.5. The molecule has 0 amide bonds. The van der Waals surface area contributed by atoms with Crippen molar-refractivity contribution >= 4 is 47.4 Å². The van der Waals surface area contributed by atoms with Gasteiger partial charge in [-0.3, -0.25) is 0 Å². The van der Waals surface area contributed by atoms with E-state index < -0.39 is 5.60 Å². The molecular formula is C27H34Cl3NO2S. The van der Waals surface area contributed by atoms with Crippen LogP contribution in [0, 0.1) is 0 Å². The summed E-state index contributed by atoms with van der Waals surface area (Å²) in [6, 6.07) is 13.7. The first-order valence-corrected chi connectivity index (χ1v) is 13.3. The summed E-state index contributed by atoms with van der Waals surface area (Å²) < 4.78 is 13.1. The number of benzene rings is 2. The van der Waals surface area contributed by atoms with Crippen LogP contribution in [-0.4, -0.2) is 31.7 Å². The van der Waals surface area contributed by atoms with Crippen LogP contribution in [-0.2, 0) is 21.7 Å². The predicted molar refractivity (Wildman–Crippen MR) is 149 cm³/mol. The zero-order valence-corrected chi connectivity index (χ0v) is 23.2. The largest absolute Gasteiger partial charge is 0.369 e. The third-order valence-electron chi connectivity index (χ3n) is 5.48. The fourth-order valence-corrected chi connectivity index (χ4v) is 4.32. The van der Waals surface area contributed by atoms with Gasteiger partial charge in [0.2, 0.25) is 0 Å². The lowest BCUT2D eigenvalue weighted by atomic mass is 9.82. The van der Waals surface area contributed by atoms with Crippen molar-refractivity contribution in [2.24, 2.45) is 0 Å². The molecule has 0 spiro atoms. The average molecular weight is 543 g/mol. The Kier molecular flexibility index (Phi) is 13.1. The van der Waals surface area contributed by atoms with E-state index >= 15 is 0 Å². The molecule has 1 aliphatic heterocycles. The molecule has 2 aromatic carbocycles. The molecule has 1 N–H and O–H groups in total. The smallest absolute Gasteiger partial charge is 0.122 e. The molecule has 1 fully saturated rings. The van der Waals surface area contributed by atoms with Crippen molar-refractivity contribution in [3.05, 3.63) is 87.4 Å². The fraction of sp³-hybridized carbons (Fsp3) is 0.407. The van der Waals surface area contributed by atoms with Gasteiger partial charge in [0, 0.05) is 17.3 Å². The van der Waals surface area contributed by atoms with E-state index in [0.717, 1.165) is 34.6 Å². The molecule has 3 rings (SSSR count). The molecule has 0 bridgehead atoms. The highest BCUT2D eigenvalue weighted by molar-refractivity contribution is 7.80. The first kappa shape index (κ1) is 29.3. The van der Waals surface area contributed by atoms with Crippen molar-refractivity contribution in [1.82, 2.24) is 5.32 Å². The van der Waals surface area contributed by atoms with Crippen molar-refractivity contribution < 1.29 is 9.47 Å². The standard InChI is InChI=1S/C25H28Cl3NO2S.C2H6/c1-18(4-2-3-12-26)16-31-25(20-6-8-21(32)9-7-20)11-13-29-15-24(25)30-17-19-5-10-22(27)23(28)14-19;1-2/h2-10,14,24,29,32H,11-13,15-17H2,1H3;1-2H3/b3-2-,18-4+;. The second kappa shape index (κ2) is 15.2. The number of piperidine rings is 1. The van der Waals surface area contributed by atoms with Crippen LogP contribution in [0.25, 0.3) is 0 Å². The topological polar surface area (TPSA) is 30.5 Å². The first-order valence-electron chi connectivity index (χ1n) is 11.5. The maximum absolute atomic E-state index is 6.66. The van der Waals surface area contributed by atoms with Gasteiger partial charge in [0.25, 0.3) is 0 Å². The zero-order valence-electron chi connectivity index (χ0n) is 20.0. The van der Waals surface area contributed by atoms with Crippen LogP contribution in [0.1, 0.15) is 38.3 Å². The van der Waals surface area contributed by atoms with E-state index in [-0.39, 0.29) is 6.10 Å². The molecule has 0 radical (unpaired) electrons. The molecule has 0 aromatic heterocycles. The third kappa shape index (κ3) is 8.30. The number of ether oxygens (including phenoxy) is 2. The van der Waals surface area contributed by atoms with Gasteiger partial charge in [-0.2, -0.15) is 0 Å². The average Bonchev–Trinajstić information content (AvgIpc) is 2.86. The number of rotatable bonds is 9. The van der Waals surface area contributed by atoms with Gasteiger partial charge in [-0.1, -0.05) is 73.5 Å². The molecule has 1 saturated heterocycles. The molecule has 2 unspecified atom stereocenters. The number of halogens is 3. The van der Waals surface area contributed by atoms with E-state index in [1.54, 1.807) is 6.07 Å². The van der Waals surface area contributed by atoms with Gasteiger partial charge >= 0.3 is 0 Å². The van der Waals surface area contributed by atoms with Gasteiger partial charge in [0.15, 0.2) is 0 Å². The van der Waals surface area contributed by atoms with Crippen LogP contribution in [0.3, 0.4) is 0 Å². The van der Waals surface area contributed by atoms with E-state index in [1.165, 1.54) is 0 Å². The maximum atomic E-state index is 6.66. The van der Waals surface area contributed by atoms with Crippen molar-refractivity contribution in [1.29, 1.82) is 0 Å². The van der Waals surface area contributed by atoms with E-state index in [4.69, 9.17) is 44.3 Å². The number of hydrogen-bond donors (Lipinski definition) is 2. The summed E-state index contributed by atoms with van der Waals surface area (Å²) in [5.41, 5.74) is 2.57. The molecule has 2 aromatic rings. The van der Waals surface area contributed by atoms with Crippen LogP contribution >= 0.6 is 47.4 Å². The highest BCUT2D eigenvalue weighted by Gasteiger charge is 2.44. The van der Waals surface area contributed by atoms with Crippen molar-refractivity contribution in [2.45, 2.75) is 50.4 Å². The van der Waals surface area contributed by atoms with Gasteiger partial charge in [-0.15, -0.1) is 24.2 Å². The number of alkyl halides is 1. The zero-order chi connectivity index (χ0) is 25.0. The van der Waals surface area contributed by atoms with E-state index in [0.29, 0.717) is 35.7 Å². The Morgan fingerprint density at radius 2 is 1.88 bits per heavy atom. The molecule has 7 heteroatoms. The summed E-state index contributed by atoms with van der Waals surface area (Å²) in [5, 5.41) is 4.50. The molecule has 0 saturated carbocycles. The second-order valence-corrected chi connectivity index (χ2v) is 9.46. The summed E-state index contributed by atoms with van der Waals surface area (Å²) in [6.07, 6.45) is 6.48. The summed E-state index contributed by atoms with van der Waals surface area (Å²) >= 11 is 22.4. The fourth-order valence-electron chi connectivity index (χ4n) is 3.75. The Labute approximate surface area is 224 Å². The molecular weight excluding hydrogens is 509 g/mol. The van der Waals surface area contributed by atoms with E-state index in [2.05, 4.69) is 37.0 Å². The Bertz CT molecular complexity index is 949. The summed E-state index contributed by atoms with van der Waals surface area (Å²) in [4.78, 5) is 0.911. The molecule has 1 aliphatic rings. The summed E-state index contributed by atoms with van der Waals surface area (Å²) in [7, 11) is 0. The van der Waals surface area contributed by atoms with Crippen LogP contribution in [0.15, 0.2) is 71.2 Å². The Morgan fingerprint density at radius 1 is 1.15 bits per heavy atom. The lowest BCUT2D eigenvalue weighted by Crippen LogP contribution is -2.54. The van der Waals surface area contributed by atoms with Crippen LogP contribution < -0.4 is 5.32 Å². The lowest BCUT2D eigenvalue weighted by Gasteiger charge is -2.44. The normalized spacial score (nSPS) is 20.8. The second-order valence-electron chi connectivity index (χ2n) is 7.82. The van der Waals surface area contributed by atoms with Gasteiger partial charge in [0.05, 0.1) is 23.3 Å². The Balaban J connectivity index is 0.00000199. The van der Waals surface area contributed by atoms with Crippen LogP contribution in [0.5, 0.6) is 0 Å². The number of hydrogen-bond acceptors (Lipinski definition) is 4. The number of nitrogens with one attached hydrogen (secondary N) is 1. The minimum absolute atomic E-state index is 0.192. The first-order chi connectivity index (χ1) is 16.4. The predicted octanol–water partition coefficient (Wildman–Crippen LogP) is 7.84. The SMILES string of the molecule is C/C(=C\C=C/CCl)COC1(c2ccc(S)cc2)CCNCC1OCc1ccc(Cl)c(Cl)c1.CC. The van der Waals surface area contributed by atoms with Crippen LogP contribution in [0.4, 0.5) is 0 Å². The maximum Gasteiger partial charge on any atom is 0.122 e. The molecule has 34 heavy (non-hydrogen) atoms. The molecule has 1 heterocycles. The van der Waals surface area contributed by atoms with Gasteiger partial charge < -0.3 is 14.8 Å². The van der Waals surface area contributed by atoms with E-state index in [9.17, 15) is 0 Å². The van der Waals surface area contributed by atoms with Crippen molar-refractivity contribution in [2.75, 3.05) is 25.6 Å². The molecule has 3 nitrogen and oxygen atoms in total. The van der Waals surface area contributed by atoms with Crippen molar-refractivity contribution in [3.63, 3.8) is 0 Å². The number of allylic oxidation sites excluding steroid dienone is 3. The third-order valence-corrected chi connectivity index (χ3v) is 6.69. The van der Waals surface area contributed by atoms with Crippen LogP contribution in [0.2, 0.25) is 10.0 Å². The lowest BCUT2D eigenvalue weighted by molar-refractivity contribution is -0.165. The minimum atomic E-state index is -0.589. The quantitative estimate of drug-likeness (QED) is 0.192. The van der Waals surface area contributed by atoms with E-state index in [1.807, 2.05) is 56.3 Å². The van der Waals surface area contributed by atoms with Crippen molar-refractivity contribution in [3.8, 4) is 0 Å². The summed E-state index contributed by atoms with van der Waals surface area (Å²) in [5.74, 6) is 0.487. The summed E-state index contributed by atoms with van der Waals surface area (Å²) in [6.45, 7) is 8.47. The van der Waals surface area contributed by atoms with Gasteiger partial charge in [-0.25, -0.2) is 0 Å². The van der Waals surface area contributed by atoms with Gasteiger partial charge in [0.1, 0.15) is 11.7 Å². The molecule has 2 atom stereocenters. The minimum Gasteiger partial charge on any atom is -0.369 e. The Morgan fingerprint density at radius 3 is 2.56 bits per heavy atom. The molecule has 186 valence electrons. The number of thiol groups is 1. The van der Waals surface area contributed by atoms with Gasteiger partial charge in [-0.05, 0) is 60.9 Å².